The maximum atomic E-state index is 5.54. The van der Waals surface area contributed by atoms with Gasteiger partial charge in [0.25, 0.3) is 0 Å². The summed E-state index contributed by atoms with van der Waals surface area (Å²) >= 11 is 0. The van der Waals surface area contributed by atoms with Crippen molar-refractivity contribution in [1.29, 1.82) is 0 Å². The number of ether oxygens (including phenoxy) is 1. The lowest BCUT2D eigenvalue weighted by molar-refractivity contribution is 0.408. The van der Waals surface area contributed by atoms with E-state index in [-0.39, 0.29) is 0 Å². The van der Waals surface area contributed by atoms with Crippen molar-refractivity contribution >= 4 is 5.82 Å². The monoisotopic (exact) mass is 203 g/mol. The van der Waals surface area contributed by atoms with Crippen LogP contribution in [0.15, 0.2) is 36.8 Å². The molecule has 0 fully saturated rings. The number of anilines is 1. The van der Waals surface area contributed by atoms with E-state index < -0.39 is 0 Å². The zero-order chi connectivity index (χ0) is 10.7. The molecule has 0 saturated carbocycles. The van der Waals surface area contributed by atoms with E-state index in [0.29, 0.717) is 12.4 Å². The van der Waals surface area contributed by atoms with Crippen LogP contribution in [0.3, 0.4) is 0 Å². The maximum absolute atomic E-state index is 5.54. The minimum atomic E-state index is 0.532. The second-order valence-corrected chi connectivity index (χ2v) is 3.28. The third-order valence-electron chi connectivity index (χ3n) is 2.20. The largest absolute Gasteiger partial charge is 0.496 e. The minimum Gasteiger partial charge on any atom is -0.496 e. The summed E-state index contributed by atoms with van der Waals surface area (Å²) in [6.45, 7) is 0.716. The molecule has 1 aromatic carbocycles. The van der Waals surface area contributed by atoms with Crippen LogP contribution < -0.4 is 10.5 Å². The predicted molar refractivity (Wildman–Crippen MR) is 58.7 cm³/mol. The molecule has 2 N–H and O–H groups in total. The quantitative estimate of drug-likeness (QED) is 0.822. The van der Waals surface area contributed by atoms with E-state index in [1.807, 2.05) is 28.8 Å². The summed E-state index contributed by atoms with van der Waals surface area (Å²) < 4.78 is 7.18. The van der Waals surface area contributed by atoms with Crippen molar-refractivity contribution in [2.75, 3.05) is 12.8 Å². The number of nitrogens with zero attached hydrogens (tertiary/aromatic N) is 2. The van der Waals surface area contributed by atoms with Gasteiger partial charge in [-0.1, -0.05) is 18.2 Å². The van der Waals surface area contributed by atoms with Gasteiger partial charge in [0.1, 0.15) is 11.6 Å². The molecule has 0 unspecified atom stereocenters. The van der Waals surface area contributed by atoms with Crippen LogP contribution in [0.25, 0.3) is 0 Å². The van der Waals surface area contributed by atoms with Crippen LogP contribution in [0, 0.1) is 0 Å². The summed E-state index contributed by atoms with van der Waals surface area (Å²) in [5.74, 6) is 1.41. The highest BCUT2D eigenvalue weighted by molar-refractivity contribution is 5.34. The Morgan fingerprint density at radius 1 is 1.40 bits per heavy atom. The van der Waals surface area contributed by atoms with Gasteiger partial charge in [-0.25, -0.2) is 4.98 Å². The van der Waals surface area contributed by atoms with E-state index in [2.05, 4.69) is 4.98 Å². The third kappa shape index (κ3) is 2.10. The van der Waals surface area contributed by atoms with Crippen molar-refractivity contribution in [3.8, 4) is 5.75 Å². The summed E-state index contributed by atoms with van der Waals surface area (Å²) in [7, 11) is 1.67. The molecule has 0 bridgehead atoms. The molecule has 1 aromatic heterocycles. The second kappa shape index (κ2) is 4.04. The Kier molecular flexibility index (Phi) is 2.58. The lowest BCUT2D eigenvalue weighted by Gasteiger charge is -2.07. The summed E-state index contributed by atoms with van der Waals surface area (Å²) in [4.78, 5) is 3.97. The topological polar surface area (TPSA) is 53.1 Å². The van der Waals surface area contributed by atoms with Crippen molar-refractivity contribution in [2.45, 2.75) is 6.54 Å². The van der Waals surface area contributed by atoms with E-state index in [1.54, 1.807) is 19.6 Å². The van der Waals surface area contributed by atoms with Crippen LogP contribution in [0.2, 0.25) is 0 Å². The number of rotatable bonds is 3. The van der Waals surface area contributed by atoms with Crippen molar-refractivity contribution in [3.63, 3.8) is 0 Å². The van der Waals surface area contributed by atoms with Crippen LogP contribution in [0.4, 0.5) is 5.82 Å². The zero-order valence-electron chi connectivity index (χ0n) is 8.55. The lowest BCUT2D eigenvalue weighted by atomic mass is 10.2. The number of hydrogen-bond donors (Lipinski definition) is 1. The van der Waals surface area contributed by atoms with E-state index in [9.17, 15) is 0 Å². The molecule has 0 aliphatic heterocycles. The first-order valence-corrected chi connectivity index (χ1v) is 4.69. The van der Waals surface area contributed by atoms with Crippen molar-refractivity contribution in [2.24, 2.45) is 0 Å². The number of nitrogen functional groups attached to an aromatic ring is 1. The Labute approximate surface area is 88.3 Å². The molecule has 0 spiro atoms. The Bertz CT molecular complexity index is 451. The zero-order valence-corrected chi connectivity index (χ0v) is 8.55. The molecule has 15 heavy (non-hydrogen) atoms. The Balaban J connectivity index is 2.23. The SMILES string of the molecule is COc1ccccc1Cn1cnc(N)c1. The number of benzene rings is 1. The third-order valence-corrected chi connectivity index (χ3v) is 2.20. The van der Waals surface area contributed by atoms with Gasteiger partial charge in [-0.15, -0.1) is 0 Å². The molecule has 0 aliphatic carbocycles. The normalized spacial score (nSPS) is 10.2. The molecule has 1 heterocycles. The van der Waals surface area contributed by atoms with Gasteiger partial charge in [0.2, 0.25) is 0 Å². The van der Waals surface area contributed by atoms with Crippen LogP contribution in [-0.2, 0) is 6.54 Å². The van der Waals surface area contributed by atoms with Gasteiger partial charge in [0.15, 0.2) is 0 Å². The molecule has 78 valence electrons. The van der Waals surface area contributed by atoms with E-state index in [0.717, 1.165) is 11.3 Å². The fourth-order valence-corrected chi connectivity index (χ4v) is 1.49. The van der Waals surface area contributed by atoms with Gasteiger partial charge in [0, 0.05) is 11.8 Å². The molecule has 0 saturated heterocycles. The molecule has 2 aromatic rings. The molecule has 0 radical (unpaired) electrons. The predicted octanol–water partition coefficient (Wildman–Crippen LogP) is 1.52. The molecule has 0 amide bonds. The van der Waals surface area contributed by atoms with E-state index in [4.69, 9.17) is 10.5 Å². The Morgan fingerprint density at radius 2 is 2.20 bits per heavy atom. The summed E-state index contributed by atoms with van der Waals surface area (Å²) in [6.07, 6.45) is 3.51. The van der Waals surface area contributed by atoms with Crippen LogP contribution in [0.5, 0.6) is 5.75 Å². The van der Waals surface area contributed by atoms with Gasteiger partial charge in [-0.05, 0) is 6.07 Å². The van der Waals surface area contributed by atoms with Crippen LogP contribution >= 0.6 is 0 Å². The maximum Gasteiger partial charge on any atom is 0.141 e. The van der Waals surface area contributed by atoms with Crippen LogP contribution in [0.1, 0.15) is 5.56 Å². The number of para-hydroxylation sites is 1. The molecule has 0 aliphatic rings. The molecule has 4 nitrogen and oxygen atoms in total. The number of imidazole rings is 1. The van der Waals surface area contributed by atoms with Gasteiger partial charge >= 0.3 is 0 Å². The van der Waals surface area contributed by atoms with Gasteiger partial charge in [0.05, 0.1) is 20.0 Å². The highest BCUT2D eigenvalue weighted by Crippen LogP contribution is 2.18. The number of nitrogens with two attached hydrogens (primary N) is 1. The number of hydrogen-bond acceptors (Lipinski definition) is 3. The summed E-state index contributed by atoms with van der Waals surface area (Å²) in [5, 5.41) is 0. The first kappa shape index (κ1) is 9.58. The van der Waals surface area contributed by atoms with Gasteiger partial charge in [-0.3, -0.25) is 0 Å². The fourth-order valence-electron chi connectivity index (χ4n) is 1.49. The van der Waals surface area contributed by atoms with Crippen LogP contribution in [-0.4, -0.2) is 16.7 Å². The molecular formula is C11H13N3O. The van der Waals surface area contributed by atoms with Gasteiger partial charge in [-0.2, -0.15) is 0 Å². The molecule has 0 atom stereocenters. The molecular weight excluding hydrogens is 190 g/mol. The highest BCUT2D eigenvalue weighted by Gasteiger charge is 2.02. The van der Waals surface area contributed by atoms with Crippen molar-refractivity contribution < 1.29 is 4.74 Å². The lowest BCUT2D eigenvalue weighted by Crippen LogP contribution is -1.99. The Hall–Kier alpha value is -1.97. The highest BCUT2D eigenvalue weighted by atomic mass is 16.5. The first-order chi connectivity index (χ1) is 7.29. The standard InChI is InChI=1S/C11H13N3O/c1-15-10-5-3-2-4-9(10)6-14-7-11(12)13-8-14/h2-5,7-8H,6,12H2,1H3. The van der Waals surface area contributed by atoms with Crippen molar-refractivity contribution in [3.05, 3.63) is 42.4 Å². The van der Waals surface area contributed by atoms with Crippen molar-refractivity contribution in [1.82, 2.24) is 9.55 Å². The second-order valence-electron chi connectivity index (χ2n) is 3.28. The van der Waals surface area contributed by atoms with E-state index in [1.165, 1.54) is 0 Å². The average molecular weight is 203 g/mol. The number of aromatic nitrogens is 2. The summed E-state index contributed by atoms with van der Waals surface area (Å²) in [5.41, 5.74) is 6.65. The Morgan fingerprint density at radius 3 is 2.87 bits per heavy atom. The first-order valence-electron chi connectivity index (χ1n) is 4.69. The summed E-state index contributed by atoms with van der Waals surface area (Å²) in [6, 6.07) is 7.90. The average Bonchev–Trinajstić information content (AvgIpc) is 2.65. The fraction of sp³-hybridized carbons (Fsp3) is 0.182. The number of methoxy groups -OCH3 is 1. The van der Waals surface area contributed by atoms with E-state index >= 15 is 0 Å². The molecule has 2 rings (SSSR count). The van der Waals surface area contributed by atoms with Gasteiger partial charge < -0.3 is 15.0 Å². The molecule has 4 heteroatoms. The smallest absolute Gasteiger partial charge is 0.141 e. The minimum absolute atomic E-state index is 0.532.